The van der Waals surface area contributed by atoms with E-state index in [1.54, 1.807) is 18.3 Å². The van der Waals surface area contributed by atoms with E-state index in [1.165, 1.54) is 13.2 Å². The lowest BCUT2D eigenvalue weighted by molar-refractivity contribution is -0.122. The second-order valence-electron chi connectivity index (χ2n) is 7.45. The molecule has 2 heterocycles. The first-order valence-electron chi connectivity index (χ1n) is 9.87. The molecule has 1 aliphatic heterocycles. The third-order valence-electron chi connectivity index (χ3n) is 5.27. The summed E-state index contributed by atoms with van der Waals surface area (Å²) in [7, 11) is 1.42. The highest BCUT2D eigenvalue weighted by Crippen LogP contribution is 2.31. The van der Waals surface area contributed by atoms with Gasteiger partial charge in [-0.3, -0.25) is 14.3 Å². The van der Waals surface area contributed by atoms with Crippen molar-refractivity contribution in [1.82, 2.24) is 20.4 Å². The van der Waals surface area contributed by atoms with Crippen LogP contribution < -0.4 is 15.4 Å². The van der Waals surface area contributed by atoms with Gasteiger partial charge in [-0.1, -0.05) is 6.07 Å². The SMILES string of the molecule is COc1cc(C[C@@]2(CCC(=O)NCCCn3cccn3)CCC(=O)N2)ccc1F. The van der Waals surface area contributed by atoms with Crippen LogP contribution in [0.5, 0.6) is 5.75 Å². The lowest BCUT2D eigenvalue weighted by Crippen LogP contribution is -2.44. The van der Waals surface area contributed by atoms with E-state index in [0.29, 0.717) is 38.6 Å². The molecule has 1 saturated heterocycles. The summed E-state index contributed by atoms with van der Waals surface area (Å²) in [6, 6.07) is 6.58. The zero-order chi connectivity index (χ0) is 20.7. The summed E-state index contributed by atoms with van der Waals surface area (Å²) in [5.74, 6) is -0.298. The molecule has 2 N–H and O–H groups in total. The van der Waals surface area contributed by atoms with Gasteiger partial charge in [0.1, 0.15) is 0 Å². The largest absolute Gasteiger partial charge is 0.494 e. The number of ether oxygens (including phenoxy) is 1. The van der Waals surface area contributed by atoms with Gasteiger partial charge in [-0.15, -0.1) is 0 Å². The minimum atomic E-state index is -0.494. The fraction of sp³-hybridized carbons (Fsp3) is 0.476. The maximum atomic E-state index is 13.7. The number of hydrogen-bond donors (Lipinski definition) is 2. The van der Waals surface area contributed by atoms with Crippen LogP contribution >= 0.6 is 0 Å². The van der Waals surface area contributed by atoms with Crippen LogP contribution in [0, 0.1) is 5.82 Å². The molecule has 0 spiro atoms. The summed E-state index contributed by atoms with van der Waals surface area (Å²) in [5.41, 5.74) is 0.372. The first-order chi connectivity index (χ1) is 14.0. The highest BCUT2D eigenvalue weighted by atomic mass is 19.1. The number of halogens is 1. The number of aromatic nitrogens is 2. The molecule has 1 atom stereocenters. The standard InChI is InChI=1S/C21H27FN4O3/c1-29-18-14-16(4-5-17(18)22)15-21(9-7-20(28)25-21)8-6-19(27)23-10-2-12-26-13-3-11-24-26/h3-5,11,13-14H,2,6-10,12,15H2,1H3,(H,23,27)(H,25,28)/t21-/m1/s1. The summed E-state index contributed by atoms with van der Waals surface area (Å²) in [5, 5.41) is 10.1. The number of rotatable bonds is 10. The molecular formula is C21H27FN4O3. The molecule has 7 nitrogen and oxygen atoms in total. The molecule has 0 radical (unpaired) electrons. The van der Waals surface area contributed by atoms with Gasteiger partial charge in [0, 0.05) is 43.9 Å². The molecule has 2 amide bonds. The number of aryl methyl sites for hydroxylation is 1. The Morgan fingerprint density at radius 3 is 3.00 bits per heavy atom. The molecule has 0 bridgehead atoms. The third-order valence-corrected chi connectivity index (χ3v) is 5.27. The van der Waals surface area contributed by atoms with Crippen molar-refractivity contribution in [3.05, 3.63) is 48.0 Å². The van der Waals surface area contributed by atoms with Crippen LogP contribution in [-0.4, -0.2) is 40.8 Å². The van der Waals surface area contributed by atoms with Crippen molar-refractivity contribution in [3.8, 4) is 5.75 Å². The first kappa shape index (κ1) is 20.8. The Morgan fingerprint density at radius 2 is 2.31 bits per heavy atom. The van der Waals surface area contributed by atoms with E-state index in [-0.39, 0.29) is 17.6 Å². The molecule has 1 aromatic carbocycles. The molecule has 1 aromatic heterocycles. The summed E-state index contributed by atoms with van der Waals surface area (Å²) < 4.78 is 20.6. The van der Waals surface area contributed by atoms with Crippen LogP contribution in [0.3, 0.4) is 0 Å². The molecule has 0 unspecified atom stereocenters. The number of methoxy groups -OCH3 is 1. The van der Waals surface area contributed by atoms with Crippen molar-refractivity contribution in [2.45, 2.75) is 50.6 Å². The Morgan fingerprint density at radius 1 is 1.45 bits per heavy atom. The maximum Gasteiger partial charge on any atom is 0.220 e. The predicted octanol–water partition coefficient (Wildman–Crippen LogP) is 2.21. The number of carbonyl (C=O) groups is 2. The fourth-order valence-corrected chi connectivity index (χ4v) is 3.73. The van der Waals surface area contributed by atoms with Crippen molar-refractivity contribution < 1.29 is 18.7 Å². The highest BCUT2D eigenvalue weighted by Gasteiger charge is 2.38. The van der Waals surface area contributed by atoms with E-state index in [4.69, 9.17) is 4.74 Å². The number of nitrogens with one attached hydrogen (secondary N) is 2. The summed E-state index contributed by atoms with van der Waals surface area (Å²) in [4.78, 5) is 24.2. The van der Waals surface area contributed by atoms with Crippen LogP contribution in [0.25, 0.3) is 0 Å². The van der Waals surface area contributed by atoms with E-state index in [1.807, 2.05) is 16.9 Å². The van der Waals surface area contributed by atoms with Crippen LogP contribution in [0.2, 0.25) is 0 Å². The van der Waals surface area contributed by atoms with Crippen LogP contribution in [-0.2, 0) is 22.6 Å². The van der Waals surface area contributed by atoms with E-state index in [9.17, 15) is 14.0 Å². The Bertz CT molecular complexity index is 840. The van der Waals surface area contributed by atoms with Crippen molar-refractivity contribution in [2.75, 3.05) is 13.7 Å². The third kappa shape index (κ3) is 5.79. The van der Waals surface area contributed by atoms with Crippen LogP contribution in [0.15, 0.2) is 36.7 Å². The van der Waals surface area contributed by atoms with E-state index >= 15 is 0 Å². The van der Waals surface area contributed by atoms with Gasteiger partial charge in [0.05, 0.1) is 7.11 Å². The molecule has 156 valence electrons. The Kier molecular flexibility index (Phi) is 6.85. The van der Waals surface area contributed by atoms with Crippen molar-refractivity contribution in [1.29, 1.82) is 0 Å². The zero-order valence-electron chi connectivity index (χ0n) is 16.6. The van der Waals surface area contributed by atoms with Gasteiger partial charge >= 0.3 is 0 Å². The molecule has 1 fully saturated rings. The first-order valence-corrected chi connectivity index (χ1v) is 9.87. The molecule has 0 aliphatic carbocycles. The van der Waals surface area contributed by atoms with Crippen LogP contribution in [0.4, 0.5) is 4.39 Å². The number of carbonyl (C=O) groups excluding carboxylic acids is 2. The van der Waals surface area contributed by atoms with E-state index < -0.39 is 11.4 Å². The quantitative estimate of drug-likeness (QED) is 0.597. The van der Waals surface area contributed by atoms with E-state index in [0.717, 1.165) is 18.5 Å². The average molecular weight is 402 g/mol. The monoisotopic (exact) mass is 402 g/mol. The van der Waals surface area contributed by atoms with Crippen molar-refractivity contribution >= 4 is 11.8 Å². The Hall–Kier alpha value is -2.90. The van der Waals surface area contributed by atoms with Gasteiger partial charge < -0.3 is 15.4 Å². The molecule has 29 heavy (non-hydrogen) atoms. The van der Waals surface area contributed by atoms with Crippen molar-refractivity contribution in [3.63, 3.8) is 0 Å². The average Bonchev–Trinajstić information content (AvgIpc) is 3.35. The highest BCUT2D eigenvalue weighted by molar-refractivity contribution is 5.80. The molecule has 0 saturated carbocycles. The number of nitrogens with zero attached hydrogens (tertiary/aromatic N) is 2. The smallest absolute Gasteiger partial charge is 0.220 e. The number of amides is 2. The van der Waals surface area contributed by atoms with Gasteiger partial charge in [-0.2, -0.15) is 5.10 Å². The molecule has 3 rings (SSSR count). The van der Waals surface area contributed by atoms with Crippen LogP contribution in [0.1, 0.15) is 37.7 Å². The van der Waals surface area contributed by atoms with Gasteiger partial charge in [-0.25, -0.2) is 4.39 Å². The lowest BCUT2D eigenvalue weighted by Gasteiger charge is -2.29. The number of benzene rings is 1. The predicted molar refractivity (Wildman–Crippen MR) is 106 cm³/mol. The minimum absolute atomic E-state index is 0.0151. The molecule has 1 aliphatic rings. The minimum Gasteiger partial charge on any atom is -0.494 e. The van der Waals surface area contributed by atoms with Gasteiger partial charge in [0.25, 0.3) is 0 Å². The molecule has 8 heteroatoms. The summed E-state index contributed by atoms with van der Waals surface area (Å²) >= 11 is 0. The van der Waals surface area contributed by atoms with Gasteiger partial charge in [-0.05, 0) is 49.4 Å². The van der Waals surface area contributed by atoms with Crippen molar-refractivity contribution in [2.24, 2.45) is 0 Å². The number of hydrogen-bond acceptors (Lipinski definition) is 4. The second-order valence-corrected chi connectivity index (χ2v) is 7.45. The maximum absolute atomic E-state index is 13.7. The summed E-state index contributed by atoms with van der Waals surface area (Å²) in [6.07, 6.45) is 6.88. The normalized spacial score (nSPS) is 18.5. The lowest BCUT2D eigenvalue weighted by atomic mass is 9.85. The molecular weight excluding hydrogens is 375 g/mol. The topological polar surface area (TPSA) is 85.2 Å². The van der Waals surface area contributed by atoms with Gasteiger partial charge in [0.2, 0.25) is 11.8 Å². The fourth-order valence-electron chi connectivity index (χ4n) is 3.73. The zero-order valence-corrected chi connectivity index (χ0v) is 16.6. The Balaban J connectivity index is 1.52. The summed E-state index contributed by atoms with van der Waals surface area (Å²) in [6.45, 7) is 1.33. The van der Waals surface area contributed by atoms with Gasteiger partial charge in [0.15, 0.2) is 11.6 Å². The Labute approximate surface area is 169 Å². The second kappa shape index (κ2) is 9.54. The van der Waals surface area contributed by atoms with E-state index in [2.05, 4.69) is 15.7 Å². The molecule has 2 aromatic rings.